The Morgan fingerprint density at radius 2 is 2.26 bits per heavy atom. The van der Waals surface area contributed by atoms with E-state index in [0.717, 1.165) is 45.3 Å². The predicted octanol–water partition coefficient (Wildman–Crippen LogP) is 2.90. The van der Waals surface area contributed by atoms with Crippen molar-refractivity contribution in [1.82, 2.24) is 9.97 Å². The number of hydrogen-bond acceptors (Lipinski definition) is 4. The summed E-state index contributed by atoms with van der Waals surface area (Å²) in [5.74, 6) is 0.107. The van der Waals surface area contributed by atoms with E-state index in [2.05, 4.69) is 37.9 Å². The minimum absolute atomic E-state index is 0.0658. The fourth-order valence-corrected chi connectivity index (χ4v) is 3.90. The second-order valence-corrected chi connectivity index (χ2v) is 7.66. The number of fused-ring (bicyclic) bond motifs is 1. The second kappa shape index (κ2) is 7.04. The van der Waals surface area contributed by atoms with Gasteiger partial charge < -0.3 is 10.3 Å². The number of aromatic amines is 1. The number of amides is 1. The number of benzene rings is 1. The Hall–Kier alpha value is -1.35. The van der Waals surface area contributed by atoms with Crippen molar-refractivity contribution in [3.05, 3.63) is 48.9 Å². The molecule has 0 radical (unpaired) electrons. The molecule has 5 nitrogen and oxygen atoms in total. The smallest absolute Gasteiger partial charge is 0.254 e. The van der Waals surface area contributed by atoms with E-state index in [1.807, 2.05) is 25.1 Å². The first-order valence-electron chi connectivity index (χ1n) is 7.34. The molecule has 1 aliphatic carbocycles. The fourth-order valence-electron chi connectivity index (χ4n) is 2.57. The lowest BCUT2D eigenvalue weighted by Crippen LogP contribution is -2.18. The monoisotopic (exact) mass is 441 g/mol. The molecule has 1 aromatic heterocycles. The number of carbonyl (C=O) groups excluding carboxylic acids is 1. The number of aromatic nitrogens is 2. The first kappa shape index (κ1) is 16.5. The van der Waals surface area contributed by atoms with Gasteiger partial charge in [-0.25, -0.2) is 4.98 Å². The van der Waals surface area contributed by atoms with Crippen molar-refractivity contribution >= 4 is 45.9 Å². The zero-order valence-corrected chi connectivity index (χ0v) is 15.6. The molecule has 2 N–H and O–H groups in total. The van der Waals surface area contributed by atoms with Crippen molar-refractivity contribution in [2.24, 2.45) is 0 Å². The summed E-state index contributed by atoms with van der Waals surface area (Å²) in [5.41, 5.74) is 3.45. The number of carbonyl (C=O) groups is 1. The summed E-state index contributed by atoms with van der Waals surface area (Å²) in [7, 11) is 0. The van der Waals surface area contributed by atoms with Crippen LogP contribution in [-0.2, 0) is 17.6 Å². The topological polar surface area (TPSA) is 74.8 Å². The number of nitrogens with zero attached hydrogens (tertiary/aromatic N) is 1. The molecular formula is C16H16IN3O2S. The van der Waals surface area contributed by atoms with Crippen LogP contribution in [0.25, 0.3) is 0 Å². The maximum Gasteiger partial charge on any atom is 0.254 e. The van der Waals surface area contributed by atoms with Gasteiger partial charge in [-0.15, -0.1) is 0 Å². The van der Waals surface area contributed by atoms with Crippen molar-refractivity contribution < 1.29 is 4.79 Å². The molecule has 0 spiro atoms. The van der Waals surface area contributed by atoms with E-state index in [1.165, 1.54) is 11.8 Å². The van der Waals surface area contributed by atoms with Crippen LogP contribution in [-0.4, -0.2) is 21.6 Å². The first-order chi connectivity index (χ1) is 11.0. The highest BCUT2D eigenvalue weighted by atomic mass is 127. The molecule has 2 aromatic rings. The van der Waals surface area contributed by atoms with Crippen LogP contribution < -0.4 is 10.9 Å². The quantitative estimate of drug-likeness (QED) is 0.435. The van der Waals surface area contributed by atoms with Gasteiger partial charge in [0.1, 0.15) is 0 Å². The summed E-state index contributed by atoms with van der Waals surface area (Å²) in [4.78, 5) is 31.2. The number of halogens is 1. The van der Waals surface area contributed by atoms with Crippen LogP contribution >= 0.6 is 34.4 Å². The highest BCUT2D eigenvalue weighted by molar-refractivity contribution is 14.1. The molecule has 0 saturated carbocycles. The number of nitrogens with one attached hydrogen (secondary N) is 2. The largest absolute Gasteiger partial charge is 0.325 e. The average Bonchev–Trinajstić information content (AvgIpc) is 2.97. The maximum atomic E-state index is 12.1. The molecule has 3 rings (SSSR count). The van der Waals surface area contributed by atoms with E-state index in [4.69, 9.17) is 0 Å². The van der Waals surface area contributed by atoms with Gasteiger partial charge in [-0.05, 0) is 72.5 Å². The van der Waals surface area contributed by atoms with Crippen LogP contribution in [0.3, 0.4) is 0 Å². The average molecular weight is 441 g/mol. The molecule has 0 atom stereocenters. The molecule has 23 heavy (non-hydrogen) atoms. The molecular weight excluding hydrogens is 425 g/mol. The van der Waals surface area contributed by atoms with Crippen LogP contribution in [0.5, 0.6) is 0 Å². The zero-order chi connectivity index (χ0) is 16.4. The van der Waals surface area contributed by atoms with Gasteiger partial charge in [0.2, 0.25) is 5.91 Å². The van der Waals surface area contributed by atoms with E-state index in [-0.39, 0.29) is 17.2 Å². The van der Waals surface area contributed by atoms with E-state index >= 15 is 0 Å². The summed E-state index contributed by atoms with van der Waals surface area (Å²) in [6.45, 7) is 1.96. The summed E-state index contributed by atoms with van der Waals surface area (Å²) in [6.07, 6.45) is 2.63. The minimum Gasteiger partial charge on any atom is -0.325 e. The van der Waals surface area contributed by atoms with Crippen molar-refractivity contribution in [3.63, 3.8) is 0 Å². The molecule has 0 fully saturated rings. The van der Waals surface area contributed by atoms with Gasteiger partial charge in [0.15, 0.2) is 5.16 Å². The lowest BCUT2D eigenvalue weighted by molar-refractivity contribution is -0.113. The molecule has 1 amide bonds. The van der Waals surface area contributed by atoms with Crippen molar-refractivity contribution in [3.8, 4) is 0 Å². The van der Waals surface area contributed by atoms with Gasteiger partial charge in [-0.3, -0.25) is 9.59 Å². The van der Waals surface area contributed by atoms with Gasteiger partial charge >= 0.3 is 0 Å². The molecule has 1 heterocycles. The lowest BCUT2D eigenvalue weighted by atomic mass is 10.2. The van der Waals surface area contributed by atoms with Crippen molar-refractivity contribution in [1.29, 1.82) is 0 Å². The molecule has 0 bridgehead atoms. The van der Waals surface area contributed by atoms with Crippen LogP contribution in [0.4, 0.5) is 5.69 Å². The van der Waals surface area contributed by atoms with Crippen LogP contribution in [0.15, 0.2) is 28.2 Å². The predicted molar refractivity (Wildman–Crippen MR) is 100 cm³/mol. The number of hydrogen-bond donors (Lipinski definition) is 2. The fraction of sp³-hybridized carbons (Fsp3) is 0.312. The first-order valence-corrected chi connectivity index (χ1v) is 9.40. The molecule has 120 valence electrons. The van der Waals surface area contributed by atoms with E-state index in [0.29, 0.717) is 5.16 Å². The van der Waals surface area contributed by atoms with Gasteiger partial charge in [0.25, 0.3) is 5.56 Å². The Bertz CT molecular complexity index is 819. The van der Waals surface area contributed by atoms with Crippen LogP contribution in [0, 0.1) is 10.5 Å². The van der Waals surface area contributed by atoms with E-state index in [1.54, 1.807) is 0 Å². The third kappa shape index (κ3) is 3.95. The van der Waals surface area contributed by atoms with Gasteiger partial charge in [-0.1, -0.05) is 11.8 Å². The molecule has 0 saturated heterocycles. The standard InChI is InChI=1S/C16H16IN3O2S/c1-9-7-10(17)5-6-12(9)18-14(21)8-23-16-19-13-4-2-3-11(13)15(22)20-16/h5-7H,2-4,8H2,1H3,(H,18,21)(H,19,20,22). The molecule has 1 aromatic carbocycles. The van der Waals surface area contributed by atoms with Crippen LogP contribution in [0.1, 0.15) is 23.2 Å². The Morgan fingerprint density at radius 3 is 3.04 bits per heavy atom. The Labute approximate surface area is 151 Å². The molecule has 1 aliphatic rings. The number of thioether (sulfide) groups is 1. The highest BCUT2D eigenvalue weighted by Crippen LogP contribution is 2.21. The maximum absolute atomic E-state index is 12.1. The Kier molecular flexibility index (Phi) is 5.05. The summed E-state index contributed by atoms with van der Waals surface area (Å²) in [6, 6.07) is 5.87. The second-order valence-electron chi connectivity index (χ2n) is 5.45. The van der Waals surface area contributed by atoms with E-state index in [9.17, 15) is 9.59 Å². The molecule has 0 unspecified atom stereocenters. The number of rotatable bonds is 4. The Balaban J connectivity index is 1.63. The molecule has 7 heteroatoms. The normalized spacial score (nSPS) is 13.0. The van der Waals surface area contributed by atoms with Gasteiger partial charge in [0.05, 0.1) is 11.4 Å². The number of aryl methyl sites for hydroxylation is 2. The SMILES string of the molecule is Cc1cc(I)ccc1NC(=O)CSc1nc2c(c(=O)[nH]1)CCC2. The summed E-state index contributed by atoms with van der Waals surface area (Å²) < 4.78 is 1.13. The van der Waals surface area contributed by atoms with Crippen molar-refractivity contribution in [2.75, 3.05) is 11.1 Å². The third-order valence-electron chi connectivity index (χ3n) is 3.72. The molecule has 0 aliphatic heterocycles. The van der Waals surface area contributed by atoms with Gasteiger partial charge in [0, 0.05) is 14.8 Å². The highest BCUT2D eigenvalue weighted by Gasteiger charge is 2.17. The van der Waals surface area contributed by atoms with E-state index < -0.39 is 0 Å². The number of anilines is 1. The number of H-pyrrole nitrogens is 1. The lowest BCUT2D eigenvalue weighted by Gasteiger charge is -2.08. The third-order valence-corrected chi connectivity index (χ3v) is 5.27. The van der Waals surface area contributed by atoms with Gasteiger partial charge in [-0.2, -0.15) is 0 Å². The van der Waals surface area contributed by atoms with Crippen molar-refractivity contribution in [2.45, 2.75) is 31.3 Å². The minimum atomic E-state index is -0.109. The Morgan fingerprint density at radius 1 is 1.43 bits per heavy atom. The van der Waals surface area contributed by atoms with Crippen LogP contribution in [0.2, 0.25) is 0 Å². The summed E-state index contributed by atoms with van der Waals surface area (Å²) >= 11 is 3.50. The summed E-state index contributed by atoms with van der Waals surface area (Å²) in [5, 5.41) is 3.41. The zero-order valence-electron chi connectivity index (χ0n) is 12.6.